The van der Waals surface area contributed by atoms with E-state index in [1.54, 1.807) is 11.0 Å². The van der Waals surface area contributed by atoms with E-state index < -0.39 is 23.9 Å². The van der Waals surface area contributed by atoms with Gasteiger partial charge >= 0.3 is 18.4 Å². The maximum Gasteiger partial charge on any atom is 0.523 e. The van der Waals surface area contributed by atoms with Gasteiger partial charge in [0.25, 0.3) is 0 Å². The molecule has 0 spiro atoms. The minimum absolute atomic E-state index is 0.0143. The van der Waals surface area contributed by atoms with Crippen molar-refractivity contribution >= 4 is 12.0 Å². The second-order valence-corrected chi connectivity index (χ2v) is 7.89. The van der Waals surface area contributed by atoms with E-state index in [2.05, 4.69) is 4.74 Å². The van der Waals surface area contributed by atoms with Gasteiger partial charge in [0.1, 0.15) is 0 Å². The van der Waals surface area contributed by atoms with E-state index in [0.29, 0.717) is 31.9 Å². The standard InChI is InChI=1S/C19H25F3N2O5/c1-18(29-19(20,21)22)4-2-3-13(10-18)14-9-15(16(25)26)12-24(11-14)17(27)23-5-7-28-8-6-23/h2-4,14-15H,5-12H2,1H3,(H,25,26). The van der Waals surface area contributed by atoms with E-state index in [9.17, 15) is 27.9 Å². The molecule has 0 radical (unpaired) electrons. The first kappa shape index (κ1) is 21.6. The number of halogens is 3. The molecule has 0 bridgehead atoms. The van der Waals surface area contributed by atoms with Gasteiger partial charge in [-0.1, -0.05) is 23.8 Å². The van der Waals surface area contributed by atoms with Crippen LogP contribution in [-0.2, 0) is 14.3 Å². The number of carbonyl (C=O) groups is 2. The SMILES string of the molecule is CC1(OC(F)(F)F)C=CC=C(C2CC(C(=O)O)CN(C(=O)N3CCOCC3)C2)C1. The quantitative estimate of drug-likeness (QED) is 0.762. The van der Waals surface area contributed by atoms with Crippen molar-refractivity contribution in [3.05, 3.63) is 23.8 Å². The molecule has 3 atom stereocenters. The van der Waals surface area contributed by atoms with E-state index in [1.165, 1.54) is 24.0 Å². The van der Waals surface area contributed by atoms with Crippen molar-refractivity contribution in [3.8, 4) is 0 Å². The maximum atomic E-state index is 12.9. The van der Waals surface area contributed by atoms with E-state index in [1.807, 2.05) is 0 Å². The fourth-order valence-electron chi connectivity index (χ4n) is 4.17. The van der Waals surface area contributed by atoms with Crippen LogP contribution in [0.5, 0.6) is 0 Å². The van der Waals surface area contributed by atoms with Crippen LogP contribution in [0.2, 0.25) is 0 Å². The Labute approximate surface area is 166 Å². The van der Waals surface area contributed by atoms with Crippen molar-refractivity contribution in [2.24, 2.45) is 11.8 Å². The Bertz CT molecular complexity index is 702. The number of aliphatic carboxylic acids is 1. The summed E-state index contributed by atoms with van der Waals surface area (Å²) < 4.78 is 47.9. The molecule has 29 heavy (non-hydrogen) atoms. The number of ether oxygens (including phenoxy) is 2. The normalized spacial score (nSPS) is 30.8. The highest BCUT2D eigenvalue weighted by Crippen LogP contribution is 2.39. The summed E-state index contributed by atoms with van der Waals surface area (Å²) in [6, 6.07) is -0.259. The molecule has 1 aliphatic carbocycles. The fraction of sp³-hybridized carbons (Fsp3) is 0.684. The van der Waals surface area contributed by atoms with Crippen LogP contribution in [0.15, 0.2) is 23.8 Å². The zero-order chi connectivity index (χ0) is 21.2. The highest BCUT2D eigenvalue weighted by atomic mass is 19.4. The first-order valence-corrected chi connectivity index (χ1v) is 9.56. The Morgan fingerprint density at radius 2 is 1.93 bits per heavy atom. The lowest BCUT2D eigenvalue weighted by Gasteiger charge is -2.42. The number of carboxylic acid groups (broad SMARTS) is 1. The van der Waals surface area contributed by atoms with E-state index in [-0.39, 0.29) is 37.9 Å². The Morgan fingerprint density at radius 3 is 2.55 bits per heavy atom. The van der Waals surface area contributed by atoms with E-state index >= 15 is 0 Å². The molecular weight excluding hydrogens is 393 g/mol. The molecule has 2 saturated heterocycles. The molecule has 10 heteroatoms. The molecular formula is C19H25F3N2O5. The van der Waals surface area contributed by atoms with Gasteiger partial charge < -0.3 is 19.6 Å². The highest BCUT2D eigenvalue weighted by molar-refractivity contribution is 5.77. The monoisotopic (exact) mass is 418 g/mol. The van der Waals surface area contributed by atoms with Gasteiger partial charge in [0.2, 0.25) is 0 Å². The topological polar surface area (TPSA) is 79.3 Å². The largest absolute Gasteiger partial charge is 0.523 e. The van der Waals surface area contributed by atoms with Crippen molar-refractivity contribution in [2.45, 2.75) is 31.7 Å². The van der Waals surface area contributed by atoms with Crippen molar-refractivity contribution in [1.29, 1.82) is 0 Å². The van der Waals surface area contributed by atoms with Crippen LogP contribution in [0, 0.1) is 11.8 Å². The molecule has 7 nitrogen and oxygen atoms in total. The zero-order valence-electron chi connectivity index (χ0n) is 16.2. The molecule has 3 rings (SSSR count). The lowest BCUT2D eigenvalue weighted by molar-refractivity contribution is -0.355. The molecule has 0 aromatic carbocycles. The van der Waals surface area contributed by atoms with Gasteiger partial charge in [-0.25, -0.2) is 4.79 Å². The molecule has 2 amide bonds. The molecule has 0 aromatic rings. The number of hydrogen-bond donors (Lipinski definition) is 1. The predicted molar refractivity (Wildman–Crippen MR) is 96.0 cm³/mol. The van der Waals surface area contributed by atoms with E-state index in [4.69, 9.17) is 4.74 Å². The van der Waals surface area contributed by atoms with Crippen molar-refractivity contribution in [1.82, 2.24) is 9.80 Å². The number of carbonyl (C=O) groups excluding carboxylic acids is 1. The third-order valence-electron chi connectivity index (χ3n) is 5.54. The molecule has 3 unspecified atom stereocenters. The molecule has 0 saturated carbocycles. The summed E-state index contributed by atoms with van der Waals surface area (Å²) in [7, 11) is 0. The Kier molecular flexibility index (Phi) is 6.23. The van der Waals surface area contributed by atoms with Crippen molar-refractivity contribution < 1.29 is 37.3 Å². The van der Waals surface area contributed by atoms with Gasteiger partial charge in [0, 0.05) is 32.6 Å². The van der Waals surface area contributed by atoms with Gasteiger partial charge in [-0.3, -0.25) is 9.53 Å². The van der Waals surface area contributed by atoms with Gasteiger partial charge in [-0.05, 0) is 19.3 Å². The zero-order valence-corrected chi connectivity index (χ0v) is 16.2. The minimum atomic E-state index is -4.78. The first-order chi connectivity index (χ1) is 13.6. The van der Waals surface area contributed by atoms with Crippen LogP contribution >= 0.6 is 0 Å². The smallest absolute Gasteiger partial charge is 0.481 e. The third kappa shape index (κ3) is 5.51. The fourth-order valence-corrected chi connectivity index (χ4v) is 4.17. The van der Waals surface area contributed by atoms with Gasteiger partial charge in [0.15, 0.2) is 0 Å². The Morgan fingerprint density at radius 1 is 1.24 bits per heavy atom. The summed E-state index contributed by atoms with van der Waals surface area (Å²) in [5.41, 5.74) is -0.901. The van der Waals surface area contributed by atoms with Crippen LogP contribution in [0.3, 0.4) is 0 Å². The van der Waals surface area contributed by atoms with Gasteiger partial charge in [-0.2, -0.15) is 0 Å². The summed E-state index contributed by atoms with van der Waals surface area (Å²) >= 11 is 0. The molecule has 0 aromatic heterocycles. The number of urea groups is 1. The number of carboxylic acids is 1. The molecule has 2 fully saturated rings. The number of rotatable bonds is 3. The Hall–Kier alpha value is -2.07. The number of allylic oxidation sites excluding steroid dienone is 2. The van der Waals surface area contributed by atoms with Crippen molar-refractivity contribution in [2.75, 3.05) is 39.4 Å². The van der Waals surface area contributed by atoms with Crippen LogP contribution in [0.25, 0.3) is 0 Å². The highest BCUT2D eigenvalue weighted by Gasteiger charge is 2.43. The second kappa shape index (κ2) is 8.35. The summed E-state index contributed by atoms with van der Waals surface area (Å²) in [6.07, 6.45) is 0.0225. The van der Waals surface area contributed by atoms with Crippen LogP contribution in [0.4, 0.5) is 18.0 Å². The summed E-state index contributed by atoms with van der Waals surface area (Å²) in [5.74, 6) is -2.15. The van der Waals surface area contributed by atoms with Crippen LogP contribution in [0.1, 0.15) is 19.8 Å². The molecule has 2 heterocycles. The van der Waals surface area contributed by atoms with Crippen LogP contribution < -0.4 is 0 Å². The number of nitrogens with zero attached hydrogens (tertiary/aromatic N) is 2. The number of alkyl halides is 3. The lowest BCUT2D eigenvalue weighted by atomic mass is 9.78. The van der Waals surface area contributed by atoms with Gasteiger partial charge in [0.05, 0.1) is 24.7 Å². The van der Waals surface area contributed by atoms with Crippen molar-refractivity contribution in [3.63, 3.8) is 0 Å². The molecule has 2 aliphatic heterocycles. The third-order valence-corrected chi connectivity index (χ3v) is 5.54. The first-order valence-electron chi connectivity index (χ1n) is 9.56. The number of amides is 2. The van der Waals surface area contributed by atoms with Gasteiger partial charge in [-0.15, -0.1) is 13.2 Å². The van der Waals surface area contributed by atoms with Crippen LogP contribution in [-0.4, -0.2) is 78.3 Å². The number of likely N-dealkylation sites (tertiary alicyclic amines) is 1. The molecule has 3 aliphatic rings. The van der Waals surface area contributed by atoms with E-state index in [0.717, 1.165) is 0 Å². The lowest BCUT2D eigenvalue weighted by Crippen LogP contribution is -2.54. The predicted octanol–water partition coefficient (Wildman–Crippen LogP) is 2.64. The molecule has 162 valence electrons. The molecule has 1 N–H and O–H groups in total. The number of hydrogen-bond acceptors (Lipinski definition) is 4. The summed E-state index contributed by atoms with van der Waals surface area (Å²) in [4.78, 5) is 27.6. The number of morpholine rings is 1. The second-order valence-electron chi connectivity index (χ2n) is 7.89. The minimum Gasteiger partial charge on any atom is -0.481 e. The summed E-state index contributed by atoms with van der Waals surface area (Å²) in [6.45, 7) is 3.41. The Balaban J connectivity index is 1.75. The number of piperidine rings is 1. The maximum absolute atomic E-state index is 12.9. The average molecular weight is 418 g/mol. The summed E-state index contributed by atoms with van der Waals surface area (Å²) in [5, 5.41) is 9.54. The average Bonchev–Trinajstić information content (AvgIpc) is 2.66.